The van der Waals surface area contributed by atoms with E-state index in [1.54, 1.807) is 5.57 Å². The van der Waals surface area contributed by atoms with E-state index in [-0.39, 0.29) is 0 Å². The van der Waals surface area contributed by atoms with Crippen LogP contribution in [0.5, 0.6) is 0 Å². The predicted molar refractivity (Wildman–Crippen MR) is 113 cm³/mol. The number of allylic oxidation sites excluding steroid dienone is 1. The standard InChI is InChI=1S/C26H44/c1-7-20-11-12-21-24(20,5)15-13-22-25(21,6)17-16-23(4)18-19(3)10-9-14-26(22,23)8-2/h20-22H,3,7-18H2,1-2,4-6H3/t20?,21?,22?,23?,24-,25?,26?/m1/s1. The molecule has 0 aromatic rings. The SMILES string of the molecule is C=C1CCCC2(CC)C3CC[C@]4(C)C(CC)CCC4C3(C)CCC2(C)C1. The Morgan fingerprint density at radius 1 is 0.885 bits per heavy atom. The quantitative estimate of drug-likeness (QED) is 0.438. The molecule has 0 nitrogen and oxygen atoms in total. The maximum Gasteiger partial charge on any atom is -0.0209 e. The van der Waals surface area contributed by atoms with Crippen molar-refractivity contribution >= 4 is 0 Å². The van der Waals surface area contributed by atoms with Gasteiger partial charge in [0.2, 0.25) is 0 Å². The summed E-state index contributed by atoms with van der Waals surface area (Å²) >= 11 is 0. The molecule has 0 bridgehead atoms. The van der Waals surface area contributed by atoms with Crippen molar-refractivity contribution in [1.82, 2.24) is 0 Å². The minimum atomic E-state index is 0.510. The lowest BCUT2D eigenvalue weighted by atomic mass is 9.36. The van der Waals surface area contributed by atoms with Crippen molar-refractivity contribution < 1.29 is 0 Å². The van der Waals surface area contributed by atoms with Crippen LogP contribution in [-0.2, 0) is 0 Å². The first kappa shape index (κ1) is 19.1. The fourth-order valence-electron chi connectivity index (χ4n) is 9.83. The summed E-state index contributed by atoms with van der Waals surface area (Å²) in [6, 6.07) is 0. The van der Waals surface area contributed by atoms with E-state index >= 15 is 0 Å². The summed E-state index contributed by atoms with van der Waals surface area (Å²) in [6.07, 6.45) is 17.3. The van der Waals surface area contributed by atoms with E-state index in [1.807, 2.05) is 0 Å². The predicted octanol–water partition coefficient (Wildman–Crippen LogP) is 8.17. The first-order chi connectivity index (χ1) is 12.3. The third-order valence-corrected chi connectivity index (χ3v) is 11.1. The van der Waals surface area contributed by atoms with Crippen molar-refractivity contribution in [3.05, 3.63) is 12.2 Å². The van der Waals surface area contributed by atoms with Crippen molar-refractivity contribution in [2.75, 3.05) is 0 Å². The summed E-state index contributed by atoms with van der Waals surface area (Å²) in [5.74, 6) is 2.93. The first-order valence-corrected chi connectivity index (χ1v) is 11.9. The van der Waals surface area contributed by atoms with E-state index in [9.17, 15) is 0 Å². The smallest absolute Gasteiger partial charge is 0.0209 e. The lowest BCUT2D eigenvalue weighted by molar-refractivity contribution is -0.193. The van der Waals surface area contributed by atoms with Gasteiger partial charge < -0.3 is 0 Å². The van der Waals surface area contributed by atoms with Gasteiger partial charge in [0, 0.05) is 0 Å². The molecule has 4 aliphatic carbocycles. The molecule has 0 saturated heterocycles. The lowest BCUT2D eigenvalue weighted by Gasteiger charge is -2.68. The molecule has 0 aliphatic heterocycles. The molecule has 0 aromatic heterocycles. The molecular formula is C26H44. The number of rotatable bonds is 2. The second-order valence-electron chi connectivity index (χ2n) is 11.7. The highest BCUT2D eigenvalue weighted by Crippen LogP contribution is 2.75. The van der Waals surface area contributed by atoms with Crippen molar-refractivity contribution in [2.45, 2.75) is 112 Å². The zero-order chi connectivity index (χ0) is 18.8. The van der Waals surface area contributed by atoms with Gasteiger partial charge in [-0.05, 0) is 110 Å². The zero-order valence-electron chi connectivity index (χ0n) is 18.4. The van der Waals surface area contributed by atoms with Gasteiger partial charge in [0.05, 0.1) is 0 Å². The molecule has 6 unspecified atom stereocenters. The molecule has 148 valence electrons. The van der Waals surface area contributed by atoms with Gasteiger partial charge in [-0.1, -0.05) is 53.2 Å². The van der Waals surface area contributed by atoms with Crippen LogP contribution in [-0.4, -0.2) is 0 Å². The molecule has 0 heteroatoms. The molecule has 0 N–H and O–H groups in total. The van der Waals surface area contributed by atoms with Gasteiger partial charge in [-0.2, -0.15) is 0 Å². The molecule has 4 rings (SSSR count). The molecule has 0 aromatic carbocycles. The first-order valence-electron chi connectivity index (χ1n) is 11.9. The minimum Gasteiger partial charge on any atom is -0.0998 e. The van der Waals surface area contributed by atoms with Crippen LogP contribution in [0.3, 0.4) is 0 Å². The molecule has 4 saturated carbocycles. The average Bonchev–Trinajstić information content (AvgIpc) is 2.88. The van der Waals surface area contributed by atoms with E-state index in [1.165, 1.54) is 77.0 Å². The van der Waals surface area contributed by atoms with Crippen LogP contribution in [0.1, 0.15) is 112 Å². The third-order valence-electron chi connectivity index (χ3n) is 11.1. The van der Waals surface area contributed by atoms with Crippen LogP contribution >= 0.6 is 0 Å². The normalized spacial score (nSPS) is 54.2. The highest BCUT2D eigenvalue weighted by Gasteiger charge is 2.67. The Morgan fingerprint density at radius 3 is 2.35 bits per heavy atom. The van der Waals surface area contributed by atoms with E-state index in [4.69, 9.17) is 0 Å². The van der Waals surface area contributed by atoms with Gasteiger partial charge in [-0.3, -0.25) is 0 Å². The second kappa shape index (κ2) is 6.12. The highest BCUT2D eigenvalue weighted by molar-refractivity contribution is 5.19. The largest absolute Gasteiger partial charge is 0.0998 e. The molecule has 4 fully saturated rings. The van der Waals surface area contributed by atoms with Crippen LogP contribution in [0.15, 0.2) is 12.2 Å². The summed E-state index contributed by atoms with van der Waals surface area (Å²) in [7, 11) is 0. The summed E-state index contributed by atoms with van der Waals surface area (Å²) in [4.78, 5) is 0. The van der Waals surface area contributed by atoms with Crippen molar-refractivity contribution in [3.8, 4) is 0 Å². The van der Waals surface area contributed by atoms with Crippen LogP contribution in [0.4, 0.5) is 0 Å². The number of hydrogen-bond acceptors (Lipinski definition) is 0. The van der Waals surface area contributed by atoms with E-state index in [0.29, 0.717) is 21.7 Å². The number of hydrogen-bond donors (Lipinski definition) is 0. The summed E-state index contributed by atoms with van der Waals surface area (Å²) in [5, 5.41) is 0. The topological polar surface area (TPSA) is 0 Å². The van der Waals surface area contributed by atoms with Crippen LogP contribution in [0.2, 0.25) is 0 Å². The fourth-order valence-corrected chi connectivity index (χ4v) is 9.83. The fraction of sp³-hybridized carbons (Fsp3) is 0.923. The Bertz CT molecular complexity index is 575. The van der Waals surface area contributed by atoms with Crippen LogP contribution < -0.4 is 0 Å². The van der Waals surface area contributed by atoms with E-state index in [2.05, 4.69) is 41.2 Å². The Hall–Kier alpha value is -0.260. The average molecular weight is 357 g/mol. The second-order valence-corrected chi connectivity index (χ2v) is 11.7. The minimum absolute atomic E-state index is 0.510. The van der Waals surface area contributed by atoms with E-state index < -0.39 is 0 Å². The van der Waals surface area contributed by atoms with Crippen molar-refractivity contribution in [1.29, 1.82) is 0 Å². The molecule has 4 aliphatic rings. The summed E-state index contributed by atoms with van der Waals surface area (Å²) < 4.78 is 0. The summed E-state index contributed by atoms with van der Waals surface area (Å²) in [6.45, 7) is 17.6. The van der Waals surface area contributed by atoms with Gasteiger partial charge in [0.1, 0.15) is 0 Å². The Labute approximate surface area is 163 Å². The Balaban J connectivity index is 1.77. The molecule has 0 heterocycles. The monoisotopic (exact) mass is 356 g/mol. The van der Waals surface area contributed by atoms with Crippen LogP contribution in [0.25, 0.3) is 0 Å². The van der Waals surface area contributed by atoms with Gasteiger partial charge in [0.25, 0.3) is 0 Å². The molecule has 0 spiro atoms. The Morgan fingerprint density at radius 2 is 1.65 bits per heavy atom. The van der Waals surface area contributed by atoms with Gasteiger partial charge in [0.15, 0.2) is 0 Å². The zero-order valence-corrected chi connectivity index (χ0v) is 18.4. The van der Waals surface area contributed by atoms with Gasteiger partial charge >= 0.3 is 0 Å². The lowest BCUT2D eigenvalue weighted by Crippen LogP contribution is -2.61. The van der Waals surface area contributed by atoms with Gasteiger partial charge in [-0.25, -0.2) is 0 Å². The Kier molecular flexibility index (Phi) is 4.49. The molecule has 0 amide bonds. The molecule has 7 atom stereocenters. The van der Waals surface area contributed by atoms with Crippen molar-refractivity contribution in [3.63, 3.8) is 0 Å². The molecule has 0 radical (unpaired) electrons. The number of fused-ring (bicyclic) bond motifs is 5. The molecule has 26 heavy (non-hydrogen) atoms. The maximum absolute atomic E-state index is 4.48. The third kappa shape index (κ3) is 2.26. The van der Waals surface area contributed by atoms with Crippen molar-refractivity contribution in [2.24, 2.45) is 39.4 Å². The van der Waals surface area contributed by atoms with Gasteiger partial charge in [-0.15, -0.1) is 0 Å². The van der Waals surface area contributed by atoms with Crippen LogP contribution in [0, 0.1) is 39.4 Å². The van der Waals surface area contributed by atoms with E-state index in [0.717, 1.165) is 17.8 Å². The maximum atomic E-state index is 4.48. The highest BCUT2D eigenvalue weighted by atomic mass is 14.7. The summed E-state index contributed by atoms with van der Waals surface area (Å²) in [5.41, 5.74) is 3.87. The molecular weight excluding hydrogens is 312 g/mol.